The number of amides is 1. The quantitative estimate of drug-likeness (QED) is 0.752. The van der Waals surface area contributed by atoms with E-state index in [0.29, 0.717) is 37.1 Å². The van der Waals surface area contributed by atoms with Gasteiger partial charge in [0.2, 0.25) is 5.92 Å². The van der Waals surface area contributed by atoms with Gasteiger partial charge in [0.15, 0.2) is 11.3 Å². The van der Waals surface area contributed by atoms with Crippen LogP contribution in [0.3, 0.4) is 0 Å². The molecule has 0 radical (unpaired) electrons. The third-order valence-corrected chi connectivity index (χ3v) is 5.72. The number of rotatable bonds is 4. The molecule has 2 heterocycles. The SMILES string of the molecule is Cc1cc(C2CCCC(F)(F)C2)nc2c(C(=O)NC(C3CC3)C(F)(F)F)ncn12. The Morgan fingerprint density at radius 2 is 2.03 bits per heavy atom. The van der Waals surface area contributed by atoms with Gasteiger partial charge in [0.05, 0.1) is 0 Å². The van der Waals surface area contributed by atoms with E-state index in [1.165, 1.54) is 10.7 Å². The summed E-state index contributed by atoms with van der Waals surface area (Å²) < 4.78 is 68.9. The number of carbonyl (C=O) groups excluding carboxylic acids is 1. The van der Waals surface area contributed by atoms with Crippen LogP contribution in [0.4, 0.5) is 22.0 Å². The van der Waals surface area contributed by atoms with E-state index in [1.54, 1.807) is 13.0 Å². The van der Waals surface area contributed by atoms with Gasteiger partial charge in [0.1, 0.15) is 12.4 Å². The first kappa shape index (κ1) is 20.0. The molecule has 2 aliphatic rings. The predicted octanol–water partition coefficient (Wildman–Crippen LogP) is 4.40. The number of aryl methyl sites for hydroxylation is 1. The normalized spacial score (nSPS) is 23.2. The Kier molecular flexibility index (Phi) is 4.77. The van der Waals surface area contributed by atoms with Crippen LogP contribution in [0, 0.1) is 12.8 Å². The van der Waals surface area contributed by atoms with Gasteiger partial charge in [-0.1, -0.05) is 0 Å². The van der Waals surface area contributed by atoms with Crippen molar-refractivity contribution in [3.05, 3.63) is 29.5 Å². The van der Waals surface area contributed by atoms with Crippen LogP contribution in [0.25, 0.3) is 5.65 Å². The number of carbonyl (C=O) groups is 1. The Labute approximate surface area is 163 Å². The molecule has 2 saturated carbocycles. The molecule has 5 nitrogen and oxygen atoms in total. The molecule has 10 heteroatoms. The fraction of sp³-hybridized carbons (Fsp3) is 0.632. The zero-order valence-corrected chi connectivity index (χ0v) is 15.8. The number of nitrogens with zero attached hydrogens (tertiary/aromatic N) is 3. The second-order valence-corrected chi connectivity index (χ2v) is 8.09. The van der Waals surface area contributed by atoms with E-state index < -0.39 is 35.9 Å². The number of aromatic nitrogens is 3. The van der Waals surface area contributed by atoms with E-state index in [-0.39, 0.29) is 24.2 Å². The van der Waals surface area contributed by atoms with Gasteiger partial charge in [-0.2, -0.15) is 13.2 Å². The van der Waals surface area contributed by atoms with E-state index in [4.69, 9.17) is 0 Å². The molecule has 2 unspecified atom stereocenters. The van der Waals surface area contributed by atoms with E-state index >= 15 is 0 Å². The number of hydrogen-bond donors (Lipinski definition) is 1. The van der Waals surface area contributed by atoms with Crippen LogP contribution >= 0.6 is 0 Å². The molecular formula is C19H21F5N4O. The number of alkyl halides is 5. The van der Waals surface area contributed by atoms with Crippen LogP contribution in [0.1, 0.15) is 66.3 Å². The summed E-state index contributed by atoms with van der Waals surface area (Å²) in [5.41, 5.74) is 0.897. The van der Waals surface area contributed by atoms with Crippen molar-refractivity contribution in [1.29, 1.82) is 0 Å². The first-order valence-corrected chi connectivity index (χ1v) is 9.65. The minimum atomic E-state index is -4.55. The number of nitrogens with one attached hydrogen (secondary N) is 1. The first-order chi connectivity index (χ1) is 13.5. The average Bonchev–Trinajstić information content (AvgIpc) is 3.35. The highest BCUT2D eigenvalue weighted by Crippen LogP contribution is 2.42. The van der Waals surface area contributed by atoms with Gasteiger partial charge in [0.25, 0.3) is 5.91 Å². The van der Waals surface area contributed by atoms with E-state index in [1.807, 2.05) is 5.32 Å². The number of fused-ring (bicyclic) bond motifs is 1. The van der Waals surface area contributed by atoms with Gasteiger partial charge in [-0.3, -0.25) is 9.20 Å². The van der Waals surface area contributed by atoms with Crippen molar-refractivity contribution in [3.8, 4) is 0 Å². The van der Waals surface area contributed by atoms with Gasteiger partial charge >= 0.3 is 6.18 Å². The molecule has 2 fully saturated rings. The summed E-state index contributed by atoms with van der Waals surface area (Å²) >= 11 is 0. The Balaban J connectivity index is 1.65. The molecule has 2 aromatic heterocycles. The molecule has 0 aliphatic heterocycles. The Bertz CT molecular complexity index is 935. The molecule has 0 bridgehead atoms. The van der Waals surface area contributed by atoms with Crippen LogP contribution in [-0.2, 0) is 0 Å². The molecule has 0 aromatic carbocycles. The van der Waals surface area contributed by atoms with Crippen molar-refractivity contribution in [3.63, 3.8) is 0 Å². The standard InChI is InChI=1S/C19H21F5N4O/c1-10-7-13(12-3-2-6-18(20,21)8-12)26-16-14(25-9-28(10)16)17(29)27-15(11-4-5-11)19(22,23)24/h7,9,11-12,15H,2-6,8H2,1H3,(H,27,29). The summed E-state index contributed by atoms with van der Waals surface area (Å²) in [7, 11) is 0. The molecule has 1 N–H and O–H groups in total. The zero-order chi connectivity index (χ0) is 21.0. The van der Waals surface area contributed by atoms with Crippen molar-refractivity contribution in [2.75, 3.05) is 0 Å². The molecule has 2 atom stereocenters. The second-order valence-electron chi connectivity index (χ2n) is 8.09. The second kappa shape index (κ2) is 6.91. The van der Waals surface area contributed by atoms with Crippen molar-refractivity contribution in [1.82, 2.24) is 19.7 Å². The maximum Gasteiger partial charge on any atom is 0.408 e. The molecule has 158 valence electrons. The van der Waals surface area contributed by atoms with Gasteiger partial charge in [-0.05, 0) is 44.6 Å². The lowest BCUT2D eigenvalue weighted by Gasteiger charge is -2.28. The Morgan fingerprint density at radius 3 is 2.66 bits per heavy atom. The van der Waals surface area contributed by atoms with Crippen LogP contribution in [0.2, 0.25) is 0 Å². The fourth-order valence-electron chi connectivity index (χ4n) is 4.04. The molecule has 29 heavy (non-hydrogen) atoms. The minimum Gasteiger partial charge on any atom is -0.339 e. The molecule has 4 rings (SSSR count). The lowest BCUT2D eigenvalue weighted by Crippen LogP contribution is -2.47. The third kappa shape index (κ3) is 4.06. The first-order valence-electron chi connectivity index (χ1n) is 9.65. The largest absolute Gasteiger partial charge is 0.408 e. The maximum absolute atomic E-state index is 13.8. The summed E-state index contributed by atoms with van der Waals surface area (Å²) in [6.45, 7) is 1.71. The van der Waals surface area contributed by atoms with Gasteiger partial charge in [-0.25, -0.2) is 18.7 Å². The molecular weight excluding hydrogens is 395 g/mol. The van der Waals surface area contributed by atoms with Crippen molar-refractivity contribution in [2.24, 2.45) is 5.92 Å². The number of halogens is 5. The molecule has 1 amide bonds. The molecule has 2 aromatic rings. The maximum atomic E-state index is 13.8. The lowest BCUT2D eigenvalue weighted by molar-refractivity contribution is -0.158. The highest BCUT2D eigenvalue weighted by Gasteiger charge is 2.50. The summed E-state index contributed by atoms with van der Waals surface area (Å²) in [6, 6.07) is -0.251. The zero-order valence-electron chi connectivity index (χ0n) is 15.8. The highest BCUT2D eigenvalue weighted by molar-refractivity contribution is 5.98. The monoisotopic (exact) mass is 416 g/mol. The van der Waals surface area contributed by atoms with E-state index in [9.17, 15) is 26.7 Å². The van der Waals surface area contributed by atoms with Crippen molar-refractivity contribution >= 4 is 11.6 Å². The minimum absolute atomic E-state index is 0.0862. The summed E-state index contributed by atoms with van der Waals surface area (Å²) in [6.07, 6.45) is -2.00. The van der Waals surface area contributed by atoms with E-state index in [0.717, 1.165) is 0 Å². The van der Waals surface area contributed by atoms with Crippen molar-refractivity contribution < 1.29 is 26.7 Å². The highest BCUT2D eigenvalue weighted by atomic mass is 19.4. The van der Waals surface area contributed by atoms with Crippen LogP contribution in [-0.4, -0.2) is 38.4 Å². The average molecular weight is 416 g/mol. The van der Waals surface area contributed by atoms with Crippen LogP contribution in [0.5, 0.6) is 0 Å². The number of hydrogen-bond acceptors (Lipinski definition) is 3. The van der Waals surface area contributed by atoms with Crippen LogP contribution < -0.4 is 5.32 Å². The van der Waals surface area contributed by atoms with Crippen molar-refractivity contribution in [2.45, 2.75) is 69.5 Å². The van der Waals surface area contributed by atoms with E-state index in [2.05, 4.69) is 9.97 Å². The smallest absolute Gasteiger partial charge is 0.339 e. The van der Waals surface area contributed by atoms with Gasteiger partial charge in [0, 0.05) is 30.1 Å². The third-order valence-electron chi connectivity index (χ3n) is 5.72. The summed E-state index contributed by atoms with van der Waals surface area (Å²) in [4.78, 5) is 20.9. The number of imidazole rings is 1. The topological polar surface area (TPSA) is 59.3 Å². The molecule has 0 spiro atoms. The Hall–Kier alpha value is -2.26. The fourth-order valence-corrected chi connectivity index (χ4v) is 4.04. The summed E-state index contributed by atoms with van der Waals surface area (Å²) in [5.74, 6) is -4.82. The predicted molar refractivity (Wildman–Crippen MR) is 93.9 cm³/mol. The Morgan fingerprint density at radius 1 is 1.31 bits per heavy atom. The van der Waals surface area contributed by atoms with Gasteiger partial charge in [-0.15, -0.1) is 0 Å². The molecule has 0 saturated heterocycles. The van der Waals surface area contributed by atoms with Crippen LogP contribution in [0.15, 0.2) is 12.4 Å². The van der Waals surface area contributed by atoms with Gasteiger partial charge < -0.3 is 5.32 Å². The summed E-state index contributed by atoms with van der Waals surface area (Å²) in [5, 5.41) is 2.05. The molecule has 2 aliphatic carbocycles. The lowest BCUT2D eigenvalue weighted by atomic mass is 9.84.